The van der Waals surface area contributed by atoms with E-state index in [1.807, 2.05) is 0 Å². The number of hydrogen-bond acceptors (Lipinski definition) is 1. The Labute approximate surface area is 107 Å². The van der Waals surface area contributed by atoms with Crippen molar-refractivity contribution in [3.8, 4) is 0 Å². The Kier molecular flexibility index (Phi) is 6.25. The summed E-state index contributed by atoms with van der Waals surface area (Å²) in [6.45, 7) is 5.59. The minimum atomic E-state index is 0.471. The number of unbranched alkanes of at least 4 members (excludes halogenated alkanes) is 2. The summed E-state index contributed by atoms with van der Waals surface area (Å²) in [6.07, 6.45) is 3.90. The lowest BCUT2D eigenvalue weighted by Gasteiger charge is -2.14. The van der Waals surface area contributed by atoms with Gasteiger partial charge in [-0.05, 0) is 60.2 Å². The van der Waals surface area contributed by atoms with Crippen LogP contribution in [0.5, 0.6) is 0 Å². The zero-order chi connectivity index (χ0) is 11.1. The van der Waals surface area contributed by atoms with Crippen LogP contribution in [0.25, 0.3) is 0 Å². The normalized spacial score (nSPS) is 12.7. The molecule has 0 fully saturated rings. The fraction of sp³-hybridized carbons (Fsp3) is 0.538. The Morgan fingerprint density at radius 2 is 1.87 bits per heavy atom. The van der Waals surface area contributed by atoms with Gasteiger partial charge < -0.3 is 5.32 Å². The topological polar surface area (TPSA) is 12.0 Å². The maximum Gasteiger partial charge on any atom is 0.0291 e. The first-order valence-corrected chi connectivity index (χ1v) is 6.80. The lowest BCUT2D eigenvalue weighted by atomic mass is 10.1. The van der Waals surface area contributed by atoms with Gasteiger partial charge in [0, 0.05) is 9.61 Å². The summed E-state index contributed by atoms with van der Waals surface area (Å²) in [5.41, 5.74) is 1.38. The SMILES string of the molecule is CCCCCNC(C)c1ccc(I)cc1. The van der Waals surface area contributed by atoms with Gasteiger partial charge >= 0.3 is 0 Å². The highest BCUT2D eigenvalue weighted by Gasteiger charge is 2.02. The van der Waals surface area contributed by atoms with Crippen LogP contribution in [0.4, 0.5) is 0 Å². The molecule has 0 saturated heterocycles. The quantitative estimate of drug-likeness (QED) is 0.614. The number of benzene rings is 1. The van der Waals surface area contributed by atoms with Crippen LogP contribution in [0.2, 0.25) is 0 Å². The molecule has 1 unspecified atom stereocenters. The van der Waals surface area contributed by atoms with Crippen LogP contribution in [0.15, 0.2) is 24.3 Å². The Hall–Kier alpha value is -0.0900. The second kappa shape index (κ2) is 7.23. The van der Waals surface area contributed by atoms with E-state index in [-0.39, 0.29) is 0 Å². The van der Waals surface area contributed by atoms with E-state index in [0.29, 0.717) is 6.04 Å². The van der Waals surface area contributed by atoms with E-state index in [0.717, 1.165) is 6.54 Å². The summed E-state index contributed by atoms with van der Waals surface area (Å²) in [6, 6.07) is 9.22. The van der Waals surface area contributed by atoms with E-state index >= 15 is 0 Å². The third kappa shape index (κ3) is 4.98. The lowest BCUT2D eigenvalue weighted by molar-refractivity contribution is 0.544. The smallest absolute Gasteiger partial charge is 0.0291 e. The molecule has 0 aliphatic rings. The molecular formula is C13H20IN. The molecule has 0 aromatic heterocycles. The summed E-state index contributed by atoms with van der Waals surface area (Å²) in [7, 11) is 0. The molecule has 1 nitrogen and oxygen atoms in total. The maximum absolute atomic E-state index is 3.55. The van der Waals surface area contributed by atoms with Crippen molar-refractivity contribution in [1.29, 1.82) is 0 Å². The molecule has 0 aliphatic heterocycles. The predicted octanol–water partition coefficient (Wildman–Crippen LogP) is 4.13. The zero-order valence-electron chi connectivity index (χ0n) is 9.59. The molecule has 1 aromatic rings. The fourth-order valence-corrected chi connectivity index (χ4v) is 1.92. The van der Waals surface area contributed by atoms with E-state index < -0.39 is 0 Å². The number of rotatable bonds is 6. The van der Waals surface area contributed by atoms with Crippen LogP contribution in [0.3, 0.4) is 0 Å². The lowest BCUT2D eigenvalue weighted by Crippen LogP contribution is -2.19. The monoisotopic (exact) mass is 317 g/mol. The van der Waals surface area contributed by atoms with Crippen LogP contribution in [-0.4, -0.2) is 6.54 Å². The van der Waals surface area contributed by atoms with Crippen molar-refractivity contribution in [3.63, 3.8) is 0 Å². The molecule has 0 heterocycles. The third-order valence-corrected chi connectivity index (χ3v) is 3.32. The van der Waals surface area contributed by atoms with Crippen LogP contribution < -0.4 is 5.32 Å². The van der Waals surface area contributed by atoms with Crippen molar-refractivity contribution >= 4 is 22.6 Å². The van der Waals surface area contributed by atoms with Crippen LogP contribution in [0.1, 0.15) is 44.7 Å². The van der Waals surface area contributed by atoms with E-state index in [9.17, 15) is 0 Å². The van der Waals surface area contributed by atoms with Gasteiger partial charge in [0.1, 0.15) is 0 Å². The standard InChI is InChI=1S/C13H20IN/c1-3-4-5-10-15-11(2)12-6-8-13(14)9-7-12/h6-9,11,15H,3-5,10H2,1-2H3. The second-order valence-corrected chi connectivity index (χ2v) is 5.18. The second-order valence-electron chi connectivity index (χ2n) is 3.93. The first kappa shape index (κ1) is 13.0. The average Bonchev–Trinajstić information content (AvgIpc) is 2.25. The van der Waals surface area contributed by atoms with Gasteiger partial charge in [-0.1, -0.05) is 31.9 Å². The molecule has 0 radical (unpaired) electrons. The molecular weight excluding hydrogens is 297 g/mol. The number of hydrogen-bond donors (Lipinski definition) is 1. The third-order valence-electron chi connectivity index (χ3n) is 2.60. The molecule has 15 heavy (non-hydrogen) atoms. The molecule has 1 N–H and O–H groups in total. The van der Waals surface area contributed by atoms with Gasteiger partial charge in [-0.15, -0.1) is 0 Å². The summed E-state index contributed by atoms with van der Waals surface area (Å²) >= 11 is 2.34. The molecule has 0 saturated carbocycles. The Balaban J connectivity index is 2.33. The van der Waals surface area contributed by atoms with Crippen molar-refractivity contribution in [1.82, 2.24) is 5.32 Å². The van der Waals surface area contributed by atoms with Crippen molar-refractivity contribution < 1.29 is 0 Å². The first-order valence-electron chi connectivity index (χ1n) is 5.73. The predicted molar refractivity (Wildman–Crippen MR) is 75.1 cm³/mol. The van der Waals surface area contributed by atoms with Crippen LogP contribution in [0, 0.1) is 3.57 Å². The summed E-state index contributed by atoms with van der Waals surface area (Å²) in [4.78, 5) is 0. The van der Waals surface area contributed by atoms with Crippen LogP contribution >= 0.6 is 22.6 Å². The molecule has 0 aliphatic carbocycles. The van der Waals surface area contributed by atoms with Gasteiger partial charge in [-0.3, -0.25) is 0 Å². The molecule has 0 amide bonds. The highest BCUT2D eigenvalue weighted by atomic mass is 127. The molecule has 2 heteroatoms. The van der Waals surface area contributed by atoms with E-state index in [1.165, 1.54) is 28.4 Å². The van der Waals surface area contributed by atoms with Crippen molar-refractivity contribution in [2.45, 2.75) is 39.2 Å². The maximum atomic E-state index is 3.55. The van der Waals surface area contributed by atoms with Gasteiger partial charge in [-0.2, -0.15) is 0 Å². The van der Waals surface area contributed by atoms with Gasteiger partial charge in [0.25, 0.3) is 0 Å². The number of halogens is 1. The zero-order valence-corrected chi connectivity index (χ0v) is 11.8. The Morgan fingerprint density at radius 1 is 1.20 bits per heavy atom. The van der Waals surface area contributed by atoms with Crippen molar-refractivity contribution in [2.24, 2.45) is 0 Å². The molecule has 1 rings (SSSR count). The Bertz CT molecular complexity index is 268. The average molecular weight is 317 g/mol. The van der Waals surface area contributed by atoms with Gasteiger partial charge in [0.15, 0.2) is 0 Å². The van der Waals surface area contributed by atoms with Gasteiger partial charge in [0.05, 0.1) is 0 Å². The minimum Gasteiger partial charge on any atom is -0.310 e. The molecule has 0 spiro atoms. The van der Waals surface area contributed by atoms with Gasteiger partial charge in [-0.25, -0.2) is 0 Å². The van der Waals surface area contributed by atoms with Crippen molar-refractivity contribution in [3.05, 3.63) is 33.4 Å². The summed E-state index contributed by atoms with van der Waals surface area (Å²) in [5.74, 6) is 0. The van der Waals surface area contributed by atoms with Crippen molar-refractivity contribution in [2.75, 3.05) is 6.54 Å². The summed E-state index contributed by atoms with van der Waals surface area (Å²) < 4.78 is 1.30. The molecule has 0 bridgehead atoms. The van der Waals surface area contributed by atoms with E-state index in [2.05, 4.69) is 66.0 Å². The molecule has 84 valence electrons. The van der Waals surface area contributed by atoms with E-state index in [1.54, 1.807) is 0 Å². The summed E-state index contributed by atoms with van der Waals surface area (Å²) in [5, 5.41) is 3.55. The minimum absolute atomic E-state index is 0.471. The fourth-order valence-electron chi connectivity index (χ4n) is 1.56. The van der Waals surface area contributed by atoms with Crippen LogP contribution in [-0.2, 0) is 0 Å². The van der Waals surface area contributed by atoms with E-state index in [4.69, 9.17) is 0 Å². The highest BCUT2D eigenvalue weighted by Crippen LogP contribution is 2.14. The Morgan fingerprint density at radius 3 is 2.47 bits per heavy atom. The molecule has 1 aromatic carbocycles. The highest BCUT2D eigenvalue weighted by molar-refractivity contribution is 14.1. The molecule has 1 atom stereocenters. The van der Waals surface area contributed by atoms with Gasteiger partial charge in [0.2, 0.25) is 0 Å². The number of nitrogens with one attached hydrogen (secondary N) is 1. The largest absolute Gasteiger partial charge is 0.310 e. The first-order chi connectivity index (χ1) is 7.24.